The lowest BCUT2D eigenvalue weighted by atomic mass is 9.90. The number of carbonyl (C=O) groups is 2. The van der Waals surface area contributed by atoms with Crippen molar-refractivity contribution >= 4 is 34.3 Å². The summed E-state index contributed by atoms with van der Waals surface area (Å²) in [6, 6.07) is 0.970. The highest BCUT2D eigenvalue weighted by Crippen LogP contribution is 2.41. The Bertz CT molecular complexity index is 1430. The first-order valence-electron chi connectivity index (χ1n) is 12.8. The molecule has 1 aromatic carbocycles. The summed E-state index contributed by atoms with van der Waals surface area (Å²) in [5, 5.41) is 12.8. The fraction of sp³-hybridized carbons (Fsp3) is 0.462. The summed E-state index contributed by atoms with van der Waals surface area (Å²) in [7, 11) is 1.74. The molecule has 4 heterocycles. The first kappa shape index (κ1) is 26.9. The molecule has 39 heavy (non-hydrogen) atoms. The monoisotopic (exact) mass is 547 g/mol. The molecule has 0 atom stereocenters. The van der Waals surface area contributed by atoms with E-state index in [1.165, 1.54) is 19.0 Å². The number of carbonyl (C=O) groups excluding carboxylic acids is 2. The van der Waals surface area contributed by atoms with E-state index >= 15 is 0 Å². The highest BCUT2D eigenvalue weighted by molar-refractivity contribution is 6.13. The Balaban J connectivity index is 1.36. The van der Waals surface area contributed by atoms with Crippen LogP contribution in [0, 0.1) is 12.7 Å². The summed E-state index contributed by atoms with van der Waals surface area (Å²) in [4.78, 5) is 32.6. The number of anilines is 2. The minimum Gasteiger partial charge on any atom is -0.384 e. The minimum atomic E-state index is -4.94. The molecule has 3 amide bonds. The second-order valence-electron chi connectivity index (χ2n) is 10.2. The number of amides is 3. The molecule has 2 aliphatic rings. The molecule has 0 unspecified atom stereocenters. The average molecular weight is 548 g/mol. The molecular formula is C26H29F4N7O2. The maximum Gasteiger partial charge on any atom is 0.419 e. The molecule has 13 heteroatoms. The van der Waals surface area contributed by atoms with Gasteiger partial charge in [0.25, 0.3) is 5.91 Å². The van der Waals surface area contributed by atoms with E-state index in [-0.39, 0.29) is 16.8 Å². The van der Waals surface area contributed by atoms with Gasteiger partial charge in [0, 0.05) is 31.0 Å². The molecule has 3 N–H and O–H groups in total. The van der Waals surface area contributed by atoms with Crippen LogP contribution < -0.4 is 16.0 Å². The van der Waals surface area contributed by atoms with E-state index < -0.39 is 29.5 Å². The zero-order valence-corrected chi connectivity index (χ0v) is 21.6. The Hall–Kier alpha value is -3.74. The highest BCUT2D eigenvalue weighted by atomic mass is 19.4. The smallest absolute Gasteiger partial charge is 0.384 e. The van der Waals surface area contributed by atoms with Crippen molar-refractivity contribution in [3.63, 3.8) is 0 Å². The molecule has 208 valence electrons. The van der Waals surface area contributed by atoms with Crippen LogP contribution in [0.25, 0.3) is 11.0 Å². The maximum atomic E-state index is 13.6. The number of nitrogens with one attached hydrogen (secondary N) is 3. The van der Waals surface area contributed by atoms with Gasteiger partial charge in [0.1, 0.15) is 5.82 Å². The molecule has 9 nitrogen and oxygen atoms in total. The second kappa shape index (κ2) is 10.1. The standard InChI is InChI=1S/C26H29F4N7O2/c1-15-20-21(31-10-9-25-7-3-11-37(25)12-4-8-25)17(14-32-22(20)36(2)35-15)23(38)34-24(39)33-16-5-6-19(27)18(13-16)26(28,29)30/h5-6,13-14H,3-4,7-12H2,1-2H3,(H,31,32)(H2,33,34,38,39). The van der Waals surface area contributed by atoms with Crippen LogP contribution in [0.2, 0.25) is 0 Å². The number of hydrogen-bond donors (Lipinski definition) is 3. The molecule has 2 fully saturated rings. The summed E-state index contributed by atoms with van der Waals surface area (Å²) >= 11 is 0. The lowest BCUT2D eigenvalue weighted by Gasteiger charge is -2.32. The summed E-state index contributed by atoms with van der Waals surface area (Å²) in [6.45, 7) is 4.59. The lowest BCUT2D eigenvalue weighted by Crippen LogP contribution is -2.39. The van der Waals surface area contributed by atoms with Crippen molar-refractivity contribution in [1.82, 2.24) is 25.0 Å². The highest BCUT2D eigenvalue weighted by Gasteiger charge is 2.43. The van der Waals surface area contributed by atoms with Gasteiger partial charge in [-0.15, -0.1) is 0 Å². The number of nitrogens with zero attached hydrogens (tertiary/aromatic N) is 4. The van der Waals surface area contributed by atoms with E-state index in [1.54, 1.807) is 18.7 Å². The molecule has 0 radical (unpaired) electrons. The third kappa shape index (κ3) is 5.14. The van der Waals surface area contributed by atoms with Crippen LogP contribution in [0.4, 0.5) is 33.7 Å². The Morgan fingerprint density at radius 2 is 1.87 bits per heavy atom. The average Bonchev–Trinajstić information content (AvgIpc) is 3.52. The number of rotatable bonds is 6. The van der Waals surface area contributed by atoms with Crippen molar-refractivity contribution in [3.8, 4) is 0 Å². The molecule has 3 aromatic rings. The number of imide groups is 1. The van der Waals surface area contributed by atoms with Crippen LogP contribution in [-0.4, -0.2) is 56.8 Å². The first-order chi connectivity index (χ1) is 18.5. The number of alkyl halides is 3. The SMILES string of the molecule is Cc1nn(C)c2ncc(C(=O)NC(=O)Nc3ccc(F)c(C(F)(F)F)c3)c(NCCC34CCCN3CCC4)c12. The van der Waals surface area contributed by atoms with E-state index in [0.717, 1.165) is 38.4 Å². The molecule has 0 spiro atoms. The summed E-state index contributed by atoms with van der Waals surface area (Å²) < 4.78 is 54.3. The predicted molar refractivity (Wildman–Crippen MR) is 137 cm³/mol. The van der Waals surface area contributed by atoms with Crippen LogP contribution in [0.3, 0.4) is 0 Å². The minimum absolute atomic E-state index is 0.0936. The number of halogens is 4. The van der Waals surface area contributed by atoms with Gasteiger partial charge in [0.2, 0.25) is 0 Å². The third-order valence-corrected chi connectivity index (χ3v) is 7.73. The fourth-order valence-corrected chi connectivity index (χ4v) is 5.97. The van der Waals surface area contributed by atoms with Gasteiger partial charge in [0.15, 0.2) is 5.65 Å². The zero-order valence-electron chi connectivity index (χ0n) is 21.6. The van der Waals surface area contributed by atoms with E-state index in [0.29, 0.717) is 41.1 Å². The van der Waals surface area contributed by atoms with Gasteiger partial charge in [-0.25, -0.2) is 14.2 Å². The number of aryl methyl sites for hydroxylation is 2. The second-order valence-corrected chi connectivity index (χ2v) is 10.2. The van der Waals surface area contributed by atoms with Crippen molar-refractivity contribution in [2.75, 3.05) is 30.3 Å². The molecule has 0 bridgehead atoms. The van der Waals surface area contributed by atoms with Crippen molar-refractivity contribution in [2.24, 2.45) is 7.05 Å². The van der Waals surface area contributed by atoms with Crippen molar-refractivity contribution in [3.05, 3.63) is 47.0 Å². The van der Waals surface area contributed by atoms with Gasteiger partial charge in [-0.1, -0.05) is 0 Å². The van der Waals surface area contributed by atoms with Gasteiger partial charge >= 0.3 is 12.2 Å². The van der Waals surface area contributed by atoms with Gasteiger partial charge in [-0.2, -0.15) is 18.3 Å². The molecule has 2 aromatic heterocycles. The molecule has 0 aliphatic carbocycles. The molecule has 2 aliphatic heterocycles. The first-order valence-corrected chi connectivity index (χ1v) is 12.8. The van der Waals surface area contributed by atoms with E-state index in [4.69, 9.17) is 0 Å². The van der Waals surface area contributed by atoms with Gasteiger partial charge in [0.05, 0.1) is 27.9 Å². The Kier molecular flexibility index (Phi) is 6.95. The topological polar surface area (TPSA) is 104 Å². The van der Waals surface area contributed by atoms with Crippen molar-refractivity contribution < 1.29 is 27.2 Å². The number of aromatic nitrogens is 3. The number of pyridine rings is 1. The summed E-state index contributed by atoms with van der Waals surface area (Å²) in [5.74, 6) is -2.27. The Labute approximate surface area is 221 Å². The van der Waals surface area contributed by atoms with Gasteiger partial charge < -0.3 is 10.6 Å². The predicted octanol–water partition coefficient (Wildman–Crippen LogP) is 4.83. The normalized spacial score (nSPS) is 16.9. The Morgan fingerprint density at radius 3 is 2.56 bits per heavy atom. The van der Waals surface area contributed by atoms with Crippen molar-refractivity contribution in [2.45, 2.75) is 50.7 Å². The quantitative estimate of drug-likeness (QED) is 0.382. The lowest BCUT2D eigenvalue weighted by molar-refractivity contribution is -0.139. The van der Waals surface area contributed by atoms with Crippen LogP contribution in [0.5, 0.6) is 0 Å². The molecule has 5 rings (SSSR count). The Morgan fingerprint density at radius 1 is 1.15 bits per heavy atom. The van der Waals surface area contributed by atoms with E-state index in [2.05, 4.69) is 30.9 Å². The maximum absolute atomic E-state index is 13.6. The van der Waals surface area contributed by atoms with Crippen molar-refractivity contribution in [1.29, 1.82) is 0 Å². The van der Waals surface area contributed by atoms with Crippen LogP contribution in [-0.2, 0) is 13.2 Å². The number of fused-ring (bicyclic) bond motifs is 2. The molecule has 2 saturated heterocycles. The van der Waals surface area contributed by atoms with Crippen LogP contribution in [0.1, 0.15) is 53.7 Å². The number of benzene rings is 1. The molecular weight excluding hydrogens is 518 g/mol. The largest absolute Gasteiger partial charge is 0.419 e. The van der Waals surface area contributed by atoms with Gasteiger partial charge in [-0.3, -0.25) is 19.7 Å². The van der Waals surface area contributed by atoms with E-state index in [1.807, 2.05) is 0 Å². The summed E-state index contributed by atoms with van der Waals surface area (Å²) in [5.41, 5.74) is 0.101. The molecule has 0 saturated carbocycles. The zero-order chi connectivity index (χ0) is 27.9. The summed E-state index contributed by atoms with van der Waals surface area (Å²) in [6.07, 6.45) is 1.90. The number of hydrogen-bond acceptors (Lipinski definition) is 6. The van der Waals surface area contributed by atoms with Crippen LogP contribution in [0.15, 0.2) is 24.4 Å². The third-order valence-electron chi connectivity index (χ3n) is 7.73. The van der Waals surface area contributed by atoms with Crippen LogP contribution >= 0.6 is 0 Å². The van der Waals surface area contributed by atoms with Gasteiger partial charge in [-0.05, 0) is 70.3 Å². The fourth-order valence-electron chi connectivity index (χ4n) is 5.97. The number of urea groups is 1. The van der Waals surface area contributed by atoms with E-state index in [9.17, 15) is 27.2 Å².